The molecule has 16 heavy (non-hydrogen) atoms. The predicted molar refractivity (Wildman–Crippen MR) is 63.0 cm³/mol. The van der Waals surface area contributed by atoms with Crippen molar-refractivity contribution < 1.29 is 14.6 Å². The molecular weight excluding hydrogens is 204 g/mol. The number of hydrogen-bond acceptors (Lipinski definition) is 3. The summed E-state index contributed by atoms with van der Waals surface area (Å²) in [7, 11) is 0. The fourth-order valence-corrected chi connectivity index (χ4v) is 2.22. The summed E-state index contributed by atoms with van der Waals surface area (Å²) in [5.41, 5.74) is 0. The van der Waals surface area contributed by atoms with Gasteiger partial charge in [0.2, 0.25) is 0 Å². The SMILES string of the molecule is CCC(CC)COC(=O)C1CCCCC1O. The molecule has 0 aromatic heterocycles. The van der Waals surface area contributed by atoms with Crippen LogP contribution in [0, 0.1) is 11.8 Å². The number of esters is 1. The minimum absolute atomic E-state index is 0.195. The number of carbonyl (C=O) groups excluding carboxylic acids is 1. The summed E-state index contributed by atoms with van der Waals surface area (Å²) in [6.45, 7) is 4.73. The zero-order chi connectivity index (χ0) is 12.0. The number of carbonyl (C=O) groups is 1. The highest BCUT2D eigenvalue weighted by Crippen LogP contribution is 2.25. The quantitative estimate of drug-likeness (QED) is 0.735. The molecule has 0 bridgehead atoms. The lowest BCUT2D eigenvalue weighted by Crippen LogP contribution is -2.33. The molecule has 2 atom stereocenters. The standard InChI is InChI=1S/C13H24O3/c1-3-10(4-2)9-16-13(15)11-7-5-6-8-12(11)14/h10-12,14H,3-9H2,1-2H3. The maximum atomic E-state index is 11.8. The van der Waals surface area contributed by atoms with Gasteiger partial charge in [-0.3, -0.25) is 4.79 Å². The Balaban J connectivity index is 2.33. The number of hydrogen-bond donors (Lipinski definition) is 1. The van der Waals surface area contributed by atoms with Crippen LogP contribution in [0.5, 0.6) is 0 Å². The van der Waals surface area contributed by atoms with Gasteiger partial charge < -0.3 is 9.84 Å². The van der Waals surface area contributed by atoms with Gasteiger partial charge in [0, 0.05) is 0 Å². The van der Waals surface area contributed by atoms with Crippen molar-refractivity contribution in [3.8, 4) is 0 Å². The van der Waals surface area contributed by atoms with Gasteiger partial charge in [0.05, 0.1) is 18.6 Å². The second-order valence-electron chi connectivity index (χ2n) is 4.77. The highest BCUT2D eigenvalue weighted by Gasteiger charge is 2.30. The first-order chi connectivity index (χ1) is 7.69. The Labute approximate surface area is 98.2 Å². The smallest absolute Gasteiger partial charge is 0.311 e. The maximum Gasteiger partial charge on any atom is 0.311 e. The van der Waals surface area contributed by atoms with E-state index in [9.17, 15) is 9.90 Å². The fraction of sp³-hybridized carbons (Fsp3) is 0.923. The van der Waals surface area contributed by atoms with E-state index in [4.69, 9.17) is 4.74 Å². The first-order valence-corrected chi connectivity index (χ1v) is 6.53. The average Bonchev–Trinajstić information content (AvgIpc) is 2.30. The van der Waals surface area contributed by atoms with E-state index in [0.717, 1.165) is 38.5 Å². The van der Waals surface area contributed by atoms with Crippen LogP contribution in [0.25, 0.3) is 0 Å². The largest absolute Gasteiger partial charge is 0.465 e. The fourth-order valence-electron chi connectivity index (χ4n) is 2.22. The van der Waals surface area contributed by atoms with Crippen molar-refractivity contribution in [2.24, 2.45) is 11.8 Å². The van der Waals surface area contributed by atoms with Crippen LogP contribution in [0.2, 0.25) is 0 Å². The summed E-state index contributed by atoms with van der Waals surface area (Å²) < 4.78 is 5.30. The molecule has 3 nitrogen and oxygen atoms in total. The molecule has 1 saturated carbocycles. The van der Waals surface area contributed by atoms with Crippen LogP contribution in [-0.2, 0) is 9.53 Å². The van der Waals surface area contributed by atoms with Crippen LogP contribution in [0.4, 0.5) is 0 Å². The number of ether oxygens (including phenoxy) is 1. The Bertz CT molecular complexity index is 211. The summed E-state index contributed by atoms with van der Waals surface area (Å²) in [4.78, 5) is 11.8. The molecule has 0 spiro atoms. The number of aliphatic hydroxyl groups excluding tert-OH is 1. The summed E-state index contributed by atoms with van der Waals surface area (Å²) in [6, 6.07) is 0. The van der Waals surface area contributed by atoms with E-state index >= 15 is 0 Å². The highest BCUT2D eigenvalue weighted by molar-refractivity contribution is 5.73. The first kappa shape index (κ1) is 13.5. The van der Waals surface area contributed by atoms with Crippen LogP contribution in [0.15, 0.2) is 0 Å². The molecule has 94 valence electrons. The van der Waals surface area contributed by atoms with Crippen LogP contribution in [0.3, 0.4) is 0 Å². The Hall–Kier alpha value is -0.570. The molecule has 0 radical (unpaired) electrons. The zero-order valence-electron chi connectivity index (χ0n) is 10.4. The topological polar surface area (TPSA) is 46.5 Å². The minimum atomic E-state index is -0.483. The second-order valence-corrected chi connectivity index (χ2v) is 4.77. The van der Waals surface area contributed by atoms with Gasteiger partial charge in [0.15, 0.2) is 0 Å². The van der Waals surface area contributed by atoms with Crippen LogP contribution in [0.1, 0.15) is 52.4 Å². The van der Waals surface area contributed by atoms with Gasteiger partial charge in [0.25, 0.3) is 0 Å². The third-order valence-electron chi connectivity index (χ3n) is 3.65. The Kier molecular flexibility index (Phi) is 5.81. The first-order valence-electron chi connectivity index (χ1n) is 6.53. The van der Waals surface area contributed by atoms with Gasteiger partial charge in [0.1, 0.15) is 0 Å². The second kappa shape index (κ2) is 6.89. The molecule has 3 heteroatoms. The molecule has 1 aliphatic rings. The lowest BCUT2D eigenvalue weighted by atomic mass is 9.86. The van der Waals surface area contributed by atoms with Crippen molar-refractivity contribution in [2.75, 3.05) is 6.61 Å². The van der Waals surface area contributed by atoms with E-state index in [-0.39, 0.29) is 11.9 Å². The lowest BCUT2D eigenvalue weighted by Gasteiger charge is -2.26. The van der Waals surface area contributed by atoms with Gasteiger partial charge in [-0.15, -0.1) is 0 Å². The maximum absolute atomic E-state index is 11.8. The third kappa shape index (κ3) is 3.78. The average molecular weight is 228 g/mol. The molecule has 2 unspecified atom stereocenters. The zero-order valence-corrected chi connectivity index (χ0v) is 10.4. The number of rotatable bonds is 5. The number of aliphatic hydroxyl groups is 1. The molecule has 0 aromatic carbocycles. The van der Waals surface area contributed by atoms with Crippen molar-refractivity contribution in [1.82, 2.24) is 0 Å². The molecule has 0 amide bonds. The van der Waals surface area contributed by atoms with Gasteiger partial charge in [-0.25, -0.2) is 0 Å². The van der Waals surface area contributed by atoms with Gasteiger partial charge in [-0.1, -0.05) is 39.5 Å². The van der Waals surface area contributed by atoms with Crippen LogP contribution >= 0.6 is 0 Å². The van der Waals surface area contributed by atoms with Crippen LogP contribution in [-0.4, -0.2) is 23.8 Å². The van der Waals surface area contributed by atoms with E-state index in [2.05, 4.69) is 13.8 Å². The minimum Gasteiger partial charge on any atom is -0.465 e. The normalized spacial score (nSPS) is 25.8. The molecule has 0 heterocycles. The monoisotopic (exact) mass is 228 g/mol. The Morgan fingerprint density at radius 1 is 1.31 bits per heavy atom. The van der Waals surface area contributed by atoms with E-state index in [1.165, 1.54) is 0 Å². The lowest BCUT2D eigenvalue weighted by molar-refractivity contribution is -0.155. The van der Waals surface area contributed by atoms with Crippen molar-refractivity contribution in [1.29, 1.82) is 0 Å². The van der Waals surface area contributed by atoms with Gasteiger partial charge in [-0.05, 0) is 18.8 Å². The van der Waals surface area contributed by atoms with E-state index in [1.54, 1.807) is 0 Å². The van der Waals surface area contributed by atoms with Gasteiger partial charge in [-0.2, -0.15) is 0 Å². The summed E-state index contributed by atoms with van der Waals surface area (Å²) >= 11 is 0. The summed E-state index contributed by atoms with van der Waals surface area (Å²) in [5, 5.41) is 9.72. The van der Waals surface area contributed by atoms with E-state index in [0.29, 0.717) is 12.5 Å². The summed E-state index contributed by atoms with van der Waals surface area (Å²) in [6.07, 6.45) is 5.17. The molecule has 1 aliphatic carbocycles. The van der Waals surface area contributed by atoms with E-state index < -0.39 is 6.10 Å². The van der Waals surface area contributed by atoms with Gasteiger partial charge >= 0.3 is 5.97 Å². The molecule has 0 aromatic rings. The van der Waals surface area contributed by atoms with Crippen LogP contribution < -0.4 is 0 Å². The third-order valence-corrected chi connectivity index (χ3v) is 3.65. The van der Waals surface area contributed by atoms with Crippen molar-refractivity contribution >= 4 is 5.97 Å². The molecular formula is C13H24O3. The highest BCUT2D eigenvalue weighted by atomic mass is 16.5. The Morgan fingerprint density at radius 2 is 1.94 bits per heavy atom. The molecule has 1 rings (SSSR count). The molecule has 0 saturated heterocycles. The van der Waals surface area contributed by atoms with Crippen molar-refractivity contribution in [3.63, 3.8) is 0 Å². The Morgan fingerprint density at radius 3 is 2.50 bits per heavy atom. The van der Waals surface area contributed by atoms with E-state index in [1.807, 2.05) is 0 Å². The molecule has 0 aliphatic heterocycles. The molecule has 1 N–H and O–H groups in total. The predicted octanol–water partition coefficient (Wildman–Crippen LogP) is 2.52. The summed E-state index contributed by atoms with van der Waals surface area (Å²) in [5.74, 6) is -0.00750. The van der Waals surface area contributed by atoms with Crippen molar-refractivity contribution in [3.05, 3.63) is 0 Å². The van der Waals surface area contributed by atoms with Crippen molar-refractivity contribution in [2.45, 2.75) is 58.5 Å². The molecule has 1 fully saturated rings.